The van der Waals surface area contributed by atoms with Crippen LogP contribution in [0.1, 0.15) is 35.1 Å². The van der Waals surface area contributed by atoms with E-state index in [1.165, 1.54) is 12.1 Å². The SMILES string of the molecule is O=C(O)CCSCc1ccc(-c2cccc(CN3CCCc4ccc(C(F)(F)F)cc43)c2)cc1. The molecule has 3 aromatic rings. The third-order valence-electron chi connectivity index (χ3n) is 5.94. The average Bonchev–Trinajstić information content (AvgIpc) is 2.82. The summed E-state index contributed by atoms with van der Waals surface area (Å²) in [5, 5.41) is 8.73. The van der Waals surface area contributed by atoms with Crippen molar-refractivity contribution in [3.63, 3.8) is 0 Å². The fourth-order valence-electron chi connectivity index (χ4n) is 4.20. The molecule has 0 bridgehead atoms. The molecule has 3 aromatic carbocycles. The maximum Gasteiger partial charge on any atom is 0.416 e. The van der Waals surface area contributed by atoms with E-state index in [1.807, 2.05) is 23.1 Å². The summed E-state index contributed by atoms with van der Waals surface area (Å²) in [5.41, 5.74) is 5.36. The Labute approximate surface area is 201 Å². The number of nitrogens with zero attached hydrogens (tertiary/aromatic N) is 1. The standard InChI is InChI=1S/C27H26F3NO2S/c28-27(29,30)24-11-10-22-5-2-13-31(25(22)16-24)17-20-3-1-4-23(15-20)21-8-6-19(7-9-21)18-34-14-12-26(32)33/h1,3-4,6-11,15-16H,2,5,12-14,17-18H2,(H,32,33). The molecule has 0 fully saturated rings. The Morgan fingerprint density at radius 1 is 0.971 bits per heavy atom. The first kappa shape index (κ1) is 24.2. The van der Waals surface area contributed by atoms with E-state index in [4.69, 9.17) is 5.11 Å². The van der Waals surface area contributed by atoms with Gasteiger partial charge in [0, 0.05) is 30.3 Å². The van der Waals surface area contributed by atoms with Crippen LogP contribution < -0.4 is 4.90 Å². The van der Waals surface area contributed by atoms with Crippen molar-refractivity contribution in [2.45, 2.75) is 37.7 Å². The number of fused-ring (bicyclic) bond motifs is 1. The number of aliphatic carboxylic acids is 1. The number of hydrogen-bond acceptors (Lipinski definition) is 3. The summed E-state index contributed by atoms with van der Waals surface area (Å²) < 4.78 is 39.8. The predicted octanol–water partition coefficient (Wildman–Crippen LogP) is 7.03. The van der Waals surface area contributed by atoms with Gasteiger partial charge in [-0.05, 0) is 58.9 Å². The van der Waals surface area contributed by atoms with Gasteiger partial charge in [-0.15, -0.1) is 0 Å². The Morgan fingerprint density at radius 3 is 2.50 bits per heavy atom. The van der Waals surface area contributed by atoms with Gasteiger partial charge in [0.15, 0.2) is 0 Å². The molecule has 0 aromatic heterocycles. The molecule has 1 N–H and O–H groups in total. The molecule has 1 aliphatic heterocycles. The topological polar surface area (TPSA) is 40.5 Å². The van der Waals surface area contributed by atoms with Crippen LogP contribution >= 0.6 is 11.8 Å². The molecule has 178 valence electrons. The summed E-state index contributed by atoms with van der Waals surface area (Å²) >= 11 is 1.60. The molecular formula is C27H26F3NO2S. The zero-order valence-electron chi connectivity index (χ0n) is 18.6. The van der Waals surface area contributed by atoms with Gasteiger partial charge >= 0.3 is 12.1 Å². The van der Waals surface area contributed by atoms with E-state index < -0.39 is 17.7 Å². The smallest absolute Gasteiger partial charge is 0.416 e. The lowest BCUT2D eigenvalue weighted by molar-refractivity contribution is -0.138. The Morgan fingerprint density at radius 2 is 1.76 bits per heavy atom. The van der Waals surface area contributed by atoms with E-state index in [2.05, 4.69) is 30.3 Å². The average molecular weight is 486 g/mol. The van der Waals surface area contributed by atoms with Crippen LogP contribution in [0, 0.1) is 0 Å². The first-order valence-corrected chi connectivity index (χ1v) is 12.4. The Kier molecular flexibility index (Phi) is 7.51. The van der Waals surface area contributed by atoms with Gasteiger partial charge in [-0.2, -0.15) is 24.9 Å². The van der Waals surface area contributed by atoms with Crippen LogP contribution in [0.5, 0.6) is 0 Å². The van der Waals surface area contributed by atoms with Crippen LogP contribution in [0.3, 0.4) is 0 Å². The number of thioether (sulfide) groups is 1. The van der Waals surface area contributed by atoms with Crippen molar-refractivity contribution in [3.8, 4) is 11.1 Å². The molecule has 0 saturated heterocycles. The first-order valence-electron chi connectivity index (χ1n) is 11.2. The molecule has 3 nitrogen and oxygen atoms in total. The van der Waals surface area contributed by atoms with Gasteiger partial charge in [-0.25, -0.2) is 0 Å². The van der Waals surface area contributed by atoms with Gasteiger partial charge in [0.2, 0.25) is 0 Å². The maximum atomic E-state index is 13.3. The van der Waals surface area contributed by atoms with E-state index in [0.29, 0.717) is 18.0 Å². The van der Waals surface area contributed by atoms with Crippen molar-refractivity contribution in [1.82, 2.24) is 0 Å². The summed E-state index contributed by atoms with van der Waals surface area (Å²) in [4.78, 5) is 12.7. The molecule has 0 unspecified atom stereocenters. The van der Waals surface area contributed by atoms with Crippen LogP contribution in [0.2, 0.25) is 0 Å². The van der Waals surface area contributed by atoms with Gasteiger partial charge in [-0.1, -0.05) is 48.5 Å². The number of aryl methyl sites for hydroxylation is 1. The normalized spacial score (nSPS) is 13.6. The second-order valence-electron chi connectivity index (χ2n) is 8.46. The lowest BCUT2D eigenvalue weighted by atomic mass is 9.98. The number of hydrogen-bond donors (Lipinski definition) is 1. The third-order valence-corrected chi connectivity index (χ3v) is 6.97. The van der Waals surface area contributed by atoms with Crippen molar-refractivity contribution in [1.29, 1.82) is 0 Å². The molecule has 34 heavy (non-hydrogen) atoms. The summed E-state index contributed by atoms with van der Waals surface area (Å²) in [6.07, 6.45) is -2.47. The lowest BCUT2D eigenvalue weighted by Gasteiger charge is -2.32. The number of benzene rings is 3. The molecule has 0 spiro atoms. The van der Waals surface area contributed by atoms with E-state index in [-0.39, 0.29) is 6.42 Å². The minimum absolute atomic E-state index is 0.161. The first-order chi connectivity index (χ1) is 16.3. The summed E-state index contributed by atoms with van der Waals surface area (Å²) in [6.45, 7) is 1.28. The minimum Gasteiger partial charge on any atom is -0.481 e. The molecule has 0 saturated carbocycles. The van der Waals surface area contributed by atoms with Crippen molar-refractivity contribution < 1.29 is 23.1 Å². The quantitative estimate of drug-likeness (QED) is 0.348. The zero-order valence-corrected chi connectivity index (χ0v) is 19.5. The molecule has 7 heteroatoms. The highest BCUT2D eigenvalue weighted by atomic mass is 32.2. The largest absolute Gasteiger partial charge is 0.481 e. The van der Waals surface area contributed by atoms with Crippen LogP contribution in [-0.4, -0.2) is 23.4 Å². The van der Waals surface area contributed by atoms with Crippen LogP contribution in [0.15, 0.2) is 66.7 Å². The van der Waals surface area contributed by atoms with Crippen LogP contribution in [0.25, 0.3) is 11.1 Å². The zero-order chi connectivity index (χ0) is 24.1. The lowest BCUT2D eigenvalue weighted by Crippen LogP contribution is -2.29. The number of halogens is 3. The Hall–Kier alpha value is -2.93. The second-order valence-corrected chi connectivity index (χ2v) is 9.57. The van der Waals surface area contributed by atoms with Gasteiger partial charge < -0.3 is 10.0 Å². The van der Waals surface area contributed by atoms with Crippen molar-refractivity contribution in [2.75, 3.05) is 17.2 Å². The fourth-order valence-corrected chi connectivity index (χ4v) is 5.10. The highest BCUT2D eigenvalue weighted by Gasteiger charge is 2.32. The molecule has 0 atom stereocenters. The molecule has 0 amide bonds. The number of carboxylic acids is 1. The summed E-state index contributed by atoms with van der Waals surface area (Å²) in [6, 6.07) is 20.4. The molecule has 1 heterocycles. The molecular weight excluding hydrogens is 459 g/mol. The maximum absolute atomic E-state index is 13.3. The third kappa shape index (κ3) is 6.14. The van der Waals surface area contributed by atoms with Crippen molar-refractivity contribution >= 4 is 23.4 Å². The monoisotopic (exact) mass is 485 g/mol. The highest BCUT2D eigenvalue weighted by Crippen LogP contribution is 2.36. The highest BCUT2D eigenvalue weighted by molar-refractivity contribution is 7.98. The number of carboxylic acid groups (broad SMARTS) is 1. The predicted molar refractivity (Wildman–Crippen MR) is 131 cm³/mol. The molecule has 0 radical (unpaired) electrons. The van der Waals surface area contributed by atoms with Crippen LogP contribution in [0.4, 0.5) is 18.9 Å². The van der Waals surface area contributed by atoms with Crippen LogP contribution in [-0.2, 0) is 29.7 Å². The second kappa shape index (κ2) is 10.6. The van der Waals surface area contributed by atoms with E-state index in [9.17, 15) is 18.0 Å². The van der Waals surface area contributed by atoms with E-state index >= 15 is 0 Å². The van der Waals surface area contributed by atoms with Gasteiger partial charge in [0.25, 0.3) is 0 Å². The Balaban J connectivity index is 1.46. The van der Waals surface area contributed by atoms with Gasteiger partial charge in [-0.3, -0.25) is 4.79 Å². The molecule has 4 rings (SSSR count). The number of anilines is 1. The van der Waals surface area contributed by atoms with Gasteiger partial charge in [0.05, 0.1) is 12.0 Å². The van der Waals surface area contributed by atoms with E-state index in [1.54, 1.807) is 17.8 Å². The number of rotatable bonds is 8. The number of alkyl halides is 3. The molecule has 1 aliphatic rings. The van der Waals surface area contributed by atoms with Crippen molar-refractivity contribution in [2.24, 2.45) is 0 Å². The number of carbonyl (C=O) groups is 1. The summed E-state index contributed by atoms with van der Waals surface area (Å²) in [7, 11) is 0. The summed E-state index contributed by atoms with van der Waals surface area (Å²) in [5.74, 6) is 0.571. The van der Waals surface area contributed by atoms with Gasteiger partial charge in [0.1, 0.15) is 0 Å². The minimum atomic E-state index is -4.35. The van der Waals surface area contributed by atoms with Crippen molar-refractivity contribution in [3.05, 3.63) is 89.0 Å². The Bertz CT molecular complexity index is 1150. The molecule has 0 aliphatic carbocycles. The fraction of sp³-hybridized carbons (Fsp3) is 0.296. The van der Waals surface area contributed by atoms with E-state index in [0.717, 1.165) is 53.0 Å².